The second-order valence-corrected chi connectivity index (χ2v) is 6.16. The Morgan fingerprint density at radius 3 is 2.46 bits per heavy atom. The summed E-state index contributed by atoms with van der Waals surface area (Å²) in [6, 6.07) is 19.5. The van der Waals surface area contributed by atoms with E-state index in [0.717, 1.165) is 17.0 Å². The second kappa shape index (κ2) is 6.99. The maximum atomic E-state index is 10.8. The molecule has 0 radical (unpaired) electrons. The maximum Gasteiger partial charge on any atom is 0.136 e. The Balaban J connectivity index is 1.82. The van der Waals surface area contributed by atoms with Crippen molar-refractivity contribution in [1.29, 1.82) is 0 Å². The van der Waals surface area contributed by atoms with Gasteiger partial charge in [0.25, 0.3) is 0 Å². The molecule has 2 heterocycles. The molecule has 0 saturated heterocycles. The zero-order valence-electron chi connectivity index (χ0n) is 13.9. The average molecular weight is 322 g/mol. The monoisotopic (exact) mass is 322 g/mol. The summed E-state index contributed by atoms with van der Waals surface area (Å²) in [5, 5.41) is 14.2. The summed E-state index contributed by atoms with van der Waals surface area (Å²) < 4.78 is 5.59. The molecule has 0 aliphatic rings. The van der Waals surface area contributed by atoms with Crippen molar-refractivity contribution in [3.63, 3.8) is 0 Å². The van der Waals surface area contributed by atoms with Crippen LogP contribution in [0.4, 0.5) is 0 Å². The molecule has 2 aromatic heterocycles. The predicted molar refractivity (Wildman–Crippen MR) is 93.5 cm³/mol. The first-order valence-corrected chi connectivity index (χ1v) is 8.05. The van der Waals surface area contributed by atoms with Crippen LogP contribution in [0.2, 0.25) is 0 Å². The van der Waals surface area contributed by atoms with Gasteiger partial charge >= 0.3 is 0 Å². The van der Waals surface area contributed by atoms with Gasteiger partial charge < -0.3 is 14.8 Å². The number of aromatic nitrogens is 1. The van der Waals surface area contributed by atoms with Crippen LogP contribution in [0.5, 0.6) is 0 Å². The van der Waals surface area contributed by atoms with Gasteiger partial charge in [-0.2, -0.15) is 0 Å². The number of nitrogens with zero attached hydrogens (tertiary/aromatic N) is 1. The first kappa shape index (κ1) is 16.4. The lowest BCUT2D eigenvalue weighted by atomic mass is 9.99. The molecule has 2 unspecified atom stereocenters. The molecule has 0 amide bonds. The summed E-state index contributed by atoms with van der Waals surface area (Å²) >= 11 is 0. The van der Waals surface area contributed by atoms with Gasteiger partial charge in [-0.15, -0.1) is 0 Å². The van der Waals surface area contributed by atoms with Crippen molar-refractivity contribution in [2.24, 2.45) is 0 Å². The summed E-state index contributed by atoms with van der Waals surface area (Å²) in [6.07, 6.45) is 1.78. The van der Waals surface area contributed by atoms with Crippen LogP contribution in [0.1, 0.15) is 35.7 Å². The van der Waals surface area contributed by atoms with Crippen LogP contribution in [0, 0.1) is 6.92 Å². The minimum atomic E-state index is -1.10. The van der Waals surface area contributed by atoms with Gasteiger partial charge in [0.15, 0.2) is 0 Å². The summed E-state index contributed by atoms with van der Waals surface area (Å²) in [4.78, 5) is 4.47. The summed E-state index contributed by atoms with van der Waals surface area (Å²) in [7, 11) is 0. The SMILES string of the molecule is Cc1ccc(C(C)(O)CNC(c2ccccc2)c2ccccn2)o1. The first-order chi connectivity index (χ1) is 11.6. The molecule has 2 N–H and O–H groups in total. The molecular formula is C20H22N2O2. The lowest BCUT2D eigenvalue weighted by Gasteiger charge is -2.26. The number of nitrogens with one attached hydrogen (secondary N) is 1. The van der Waals surface area contributed by atoms with Crippen LogP contribution < -0.4 is 5.32 Å². The van der Waals surface area contributed by atoms with Crippen LogP contribution in [0.15, 0.2) is 71.3 Å². The largest absolute Gasteiger partial charge is 0.463 e. The maximum absolute atomic E-state index is 10.8. The van der Waals surface area contributed by atoms with E-state index in [4.69, 9.17) is 4.42 Å². The fourth-order valence-corrected chi connectivity index (χ4v) is 2.70. The quantitative estimate of drug-likeness (QED) is 0.728. The first-order valence-electron chi connectivity index (χ1n) is 8.05. The molecule has 124 valence electrons. The highest BCUT2D eigenvalue weighted by molar-refractivity contribution is 5.27. The zero-order chi connectivity index (χ0) is 17.0. The predicted octanol–water partition coefficient (Wildman–Crippen LogP) is 3.57. The number of rotatable bonds is 6. The lowest BCUT2D eigenvalue weighted by molar-refractivity contribution is 0.0317. The van der Waals surface area contributed by atoms with Crippen LogP contribution in [-0.4, -0.2) is 16.6 Å². The van der Waals surface area contributed by atoms with Gasteiger partial charge in [-0.3, -0.25) is 4.98 Å². The summed E-state index contributed by atoms with van der Waals surface area (Å²) in [5.74, 6) is 1.34. The smallest absolute Gasteiger partial charge is 0.136 e. The number of furan rings is 1. The molecule has 0 bridgehead atoms. The Kier molecular flexibility index (Phi) is 4.79. The molecule has 3 rings (SSSR count). The van der Waals surface area contributed by atoms with Crippen LogP contribution in [-0.2, 0) is 5.60 Å². The number of benzene rings is 1. The fraction of sp³-hybridized carbons (Fsp3) is 0.250. The van der Waals surface area contributed by atoms with E-state index in [1.54, 1.807) is 13.1 Å². The van der Waals surface area contributed by atoms with Crippen molar-refractivity contribution >= 4 is 0 Å². The van der Waals surface area contributed by atoms with E-state index in [1.165, 1.54) is 0 Å². The molecular weight excluding hydrogens is 300 g/mol. The molecule has 0 fully saturated rings. The van der Waals surface area contributed by atoms with E-state index in [2.05, 4.69) is 22.4 Å². The van der Waals surface area contributed by atoms with Crippen molar-refractivity contribution in [1.82, 2.24) is 10.3 Å². The summed E-state index contributed by atoms with van der Waals surface area (Å²) in [6.45, 7) is 3.96. The molecule has 0 aliphatic heterocycles. The van der Waals surface area contributed by atoms with Crippen molar-refractivity contribution in [3.05, 3.63) is 89.6 Å². The normalized spacial score (nSPS) is 15.0. The molecule has 0 saturated carbocycles. The van der Waals surface area contributed by atoms with Gasteiger partial charge in [0.1, 0.15) is 17.1 Å². The van der Waals surface area contributed by atoms with Gasteiger partial charge in [0, 0.05) is 12.7 Å². The van der Waals surface area contributed by atoms with Crippen LogP contribution >= 0.6 is 0 Å². The Bertz CT molecular complexity index is 727. The number of aliphatic hydroxyl groups is 1. The Morgan fingerprint density at radius 1 is 1.08 bits per heavy atom. The standard InChI is InChI=1S/C20H22N2O2/c1-15-11-12-18(24-15)20(2,23)14-22-19(16-8-4-3-5-9-16)17-10-6-7-13-21-17/h3-13,19,22-23H,14H2,1-2H3. The van der Waals surface area contributed by atoms with Gasteiger partial charge in [-0.05, 0) is 43.7 Å². The van der Waals surface area contributed by atoms with Gasteiger partial charge in [-0.1, -0.05) is 36.4 Å². The van der Waals surface area contributed by atoms with Crippen molar-refractivity contribution in [2.75, 3.05) is 6.54 Å². The number of hydrogen-bond donors (Lipinski definition) is 2. The van der Waals surface area contributed by atoms with E-state index < -0.39 is 5.60 Å². The molecule has 24 heavy (non-hydrogen) atoms. The van der Waals surface area contributed by atoms with E-state index in [9.17, 15) is 5.11 Å². The van der Waals surface area contributed by atoms with Gasteiger partial charge in [0.05, 0.1) is 11.7 Å². The Morgan fingerprint density at radius 2 is 1.83 bits per heavy atom. The highest BCUT2D eigenvalue weighted by Crippen LogP contribution is 2.25. The fourth-order valence-electron chi connectivity index (χ4n) is 2.70. The van der Waals surface area contributed by atoms with E-state index >= 15 is 0 Å². The molecule has 1 aromatic carbocycles. The Labute approximate surface area is 142 Å². The number of aryl methyl sites for hydroxylation is 1. The van der Waals surface area contributed by atoms with Gasteiger partial charge in [0.2, 0.25) is 0 Å². The third kappa shape index (κ3) is 3.72. The molecule has 3 aromatic rings. The minimum absolute atomic E-state index is 0.102. The van der Waals surface area contributed by atoms with E-state index in [0.29, 0.717) is 12.3 Å². The molecule has 4 heteroatoms. The third-order valence-electron chi connectivity index (χ3n) is 4.04. The highest BCUT2D eigenvalue weighted by atomic mass is 16.4. The van der Waals surface area contributed by atoms with Crippen LogP contribution in [0.25, 0.3) is 0 Å². The molecule has 2 atom stereocenters. The molecule has 4 nitrogen and oxygen atoms in total. The van der Waals surface area contributed by atoms with Gasteiger partial charge in [-0.25, -0.2) is 0 Å². The van der Waals surface area contributed by atoms with Crippen molar-refractivity contribution in [2.45, 2.75) is 25.5 Å². The molecule has 0 aliphatic carbocycles. The Hall–Kier alpha value is -2.43. The average Bonchev–Trinajstić information content (AvgIpc) is 3.04. The zero-order valence-corrected chi connectivity index (χ0v) is 13.9. The van der Waals surface area contributed by atoms with Crippen molar-refractivity contribution < 1.29 is 9.52 Å². The topological polar surface area (TPSA) is 58.3 Å². The lowest BCUT2D eigenvalue weighted by Crippen LogP contribution is -2.37. The minimum Gasteiger partial charge on any atom is -0.463 e. The molecule has 0 spiro atoms. The highest BCUT2D eigenvalue weighted by Gasteiger charge is 2.28. The second-order valence-electron chi connectivity index (χ2n) is 6.16. The number of hydrogen-bond acceptors (Lipinski definition) is 4. The third-order valence-corrected chi connectivity index (χ3v) is 4.04. The van der Waals surface area contributed by atoms with E-state index in [1.807, 2.05) is 55.5 Å². The van der Waals surface area contributed by atoms with Crippen LogP contribution in [0.3, 0.4) is 0 Å². The summed E-state index contributed by atoms with van der Waals surface area (Å²) in [5.41, 5.74) is 0.911. The number of pyridine rings is 1. The van der Waals surface area contributed by atoms with Crippen molar-refractivity contribution in [3.8, 4) is 0 Å². The van der Waals surface area contributed by atoms with E-state index in [-0.39, 0.29) is 6.04 Å².